The lowest BCUT2D eigenvalue weighted by Gasteiger charge is -2.37. The number of amides is 1. The highest BCUT2D eigenvalue weighted by Gasteiger charge is 2.25. The SMILES string of the molecule is CC1CN(C(=O)c2ccc(CN3CCCCC3)cc2)CCN1C. The molecule has 3 rings (SSSR count). The first-order valence-corrected chi connectivity index (χ1v) is 8.94. The van der Waals surface area contributed by atoms with Crippen LogP contribution in [-0.2, 0) is 6.54 Å². The highest BCUT2D eigenvalue weighted by molar-refractivity contribution is 5.94. The van der Waals surface area contributed by atoms with Crippen molar-refractivity contribution in [2.45, 2.75) is 38.8 Å². The first kappa shape index (κ1) is 16.5. The third-order valence-corrected chi connectivity index (χ3v) is 5.30. The number of carbonyl (C=O) groups is 1. The van der Waals surface area contributed by atoms with Gasteiger partial charge in [0, 0.05) is 37.8 Å². The second kappa shape index (κ2) is 7.45. The summed E-state index contributed by atoms with van der Waals surface area (Å²) in [6.07, 6.45) is 4.00. The van der Waals surface area contributed by atoms with Gasteiger partial charge in [0.2, 0.25) is 0 Å². The number of hydrogen-bond acceptors (Lipinski definition) is 3. The van der Waals surface area contributed by atoms with E-state index in [1.54, 1.807) is 0 Å². The molecule has 2 saturated heterocycles. The van der Waals surface area contributed by atoms with E-state index in [1.165, 1.54) is 37.9 Å². The molecular formula is C19H29N3O. The van der Waals surface area contributed by atoms with Gasteiger partial charge in [-0.1, -0.05) is 18.6 Å². The zero-order chi connectivity index (χ0) is 16.2. The lowest BCUT2D eigenvalue weighted by molar-refractivity contribution is 0.0572. The average Bonchev–Trinajstić information content (AvgIpc) is 2.58. The Labute approximate surface area is 140 Å². The van der Waals surface area contributed by atoms with Crippen molar-refractivity contribution < 1.29 is 4.79 Å². The topological polar surface area (TPSA) is 26.8 Å². The maximum Gasteiger partial charge on any atom is 0.253 e. The van der Waals surface area contributed by atoms with E-state index < -0.39 is 0 Å². The monoisotopic (exact) mass is 315 g/mol. The molecule has 4 heteroatoms. The Morgan fingerprint density at radius 3 is 2.39 bits per heavy atom. The van der Waals surface area contributed by atoms with E-state index in [2.05, 4.69) is 35.9 Å². The van der Waals surface area contributed by atoms with Gasteiger partial charge in [0.05, 0.1) is 0 Å². The van der Waals surface area contributed by atoms with Gasteiger partial charge in [-0.2, -0.15) is 0 Å². The number of hydrogen-bond donors (Lipinski definition) is 0. The second-order valence-corrected chi connectivity index (χ2v) is 7.11. The Morgan fingerprint density at radius 1 is 1.04 bits per heavy atom. The van der Waals surface area contributed by atoms with E-state index in [9.17, 15) is 4.79 Å². The van der Waals surface area contributed by atoms with Crippen LogP contribution in [0.2, 0.25) is 0 Å². The zero-order valence-electron chi connectivity index (χ0n) is 14.5. The summed E-state index contributed by atoms with van der Waals surface area (Å²) in [4.78, 5) is 19.5. The number of likely N-dealkylation sites (N-methyl/N-ethyl adjacent to an activating group) is 1. The Morgan fingerprint density at radius 2 is 1.74 bits per heavy atom. The quantitative estimate of drug-likeness (QED) is 0.857. The second-order valence-electron chi connectivity index (χ2n) is 7.11. The van der Waals surface area contributed by atoms with Crippen LogP contribution < -0.4 is 0 Å². The molecule has 1 aromatic rings. The molecule has 126 valence electrons. The maximum absolute atomic E-state index is 12.7. The van der Waals surface area contributed by atoms with Crippen LogP contribution in [0.1, 0.15) is 42.1 Å². The Kier molecular flexibility index (Phi) is 5.34. The summed E-state index contributed by atoms with van der Waals surface area (Å²) >= 11 is 0. The van der Waals surface area contributed by atoms with E-state index in [0.717, 1.165) is 31.7 Å². The van der Waals surface area contributed by atoms with Crippen LogP contribution in [0.5, 0.6) is 0 Å². The number of piperazine rings is 1. The van der Waals surface area contributed by atoms with Gasteiger partial charge in [-0.05, 0) is 57.6 Å². The lowest BCUT2D eigenvalue weighted by atomic mass is 10.1. The molecule has 0 radical (unpaired) electrons. The Hall–Kier alpha value is -1.39. The van der Waals surface area contributed by atoms with Crippen molar-refractivity contribution in [3.8, 4) is 0 Å². The molecule has 1 amide bonds. The Bertz CT molecular complexity index is 522. The van der Waals surface area contributed by atoms with Crippen molar-refractivity contribution in [1.29, 1.82) is 0 Å². The highest BCUT2D eigenvalue weighted by Crippen LogP contribution is 2.16. The van der Waals surface area contributed by atoms with Gasteiger partial charge < -0.3 is 9.80 Å². The first-order chi connectivity index (χ1) is 11.1. The van der Waals surface area contributed by atoms with E-state index >= 15 is 0 Å². The van der Waals surface area contributed by atoms with Gasteiger partial charge in [-0.15, -0.1) is 0 Å². The summed E-state index contributed by atoms with van der Waals surface area (Å²) in [6, 6.07) is 8.70. The Balaban J connectivity index is 1.59. The van der Waals surface area contributed by atoms with Crippen LogP contribution in [0.3, 0.4) is 0 Å². The van der Waals surface area contributed by atoms with E-state index in [0.29, 0.717) is 6.04 Å². The molecule has 2 aliphatic heterocycles. The summed E-state index contributed by atoms with van der Waals surface area (Å²) in [5.41, 5.74) is 2.14. The van der Waals surface area contributed by atoms with Gasteiger partial charge in [-0.25, -0.2) is 0 Å². The van der Waals surface area contributed by atoms with Crippen LogP contribution in [0, 0.1) is 0 Å². The molecule has 0 aliphatic carbocycles. The molecule has 0 spiro atoms. The first-order valence-electron chi connectivity index (χ1n) is 8.94. The van der Waals surface area contributed by atoms with Gasteiger partial charge in [-0.3, -0.25) is 9.69 Å². The van der Waals surface area contributed by atoms with Crippen molar-refractivity contribution in [3.05, 3.63) is 35.4 Å². The van der Waals surface area contributed by atoms with Crippen LogP contribution >= 0.6 is 0 Å². The summed E-state index contributed by atoms with van der Waals surface area (Å²) in [5.74, 6) is 0.175. The predicted octanol–water partition coefficient (Wildman–Crippen LogP) is 2.45. The normalized spacial score (nSPS) is 23.9. The number of nitrogens with zero attached hydrogens (tertiary/aromatic N) is 3. The number of likely N-dealkylation sites (tertiary alicyclic amines) is 1. The van der Waals surface area contributed by atoms with Crippen LogP contribution in [0.15, 0.2) is 24.3 Å². The largest absolute Gasteiger partial charge is 0.336 e. The fraction of sp³-hybridized carbons (Fsp3) is 0.632. The molecule has 1 aromatic carbocycles. The van der Waals surface area contributed by atoms with Gasteiger partial charge in [0.25, 0.3) is 5.91 Å². The molecule has 1 unspecified atom stereocenters. The van der Waals surface area contributed by atoms with Gasteiger partial charge in [0.15, 0.2) is 0 Å². The summed E-state index contributed by atoms with van der Waals surface area (Å²) < 4.78 is 0. The molecule has 0 aromatic heterocycles. The lowest BCUT2D eigenvalue weighted by Crippen LogP contribution is -2.52. The average molecular weight is 315 g/mol. The van der Waals surface area contributed by atoms with Crippen molar-refractivity contribution in [3.63, 3.8) is 0 Å². The third-order valence-electron chi connectivity index (χ3n) is 5.30. The van der Waals surface area contributed by atoms with Crippen molar-refractivity contribution >= 4 is 5.91 Å². The van der Waals surface area contributed by atoms with Crippen LogP contribution in [-0.4, -0.2) is 66.4 Å². The molecule has 2 heterocycles. The van der Waals surface area contributed by atoms with Crippen LogP contribution in [0.25, 0.3) is 0 Å². The molecule has 1 atom stereocenters. The summed E-state index contributed by atoms with van der Waals surface area (Å²) in [5, 5.41) is 0. The number of benzene rings is 1. The molecular weight excluding hydrogens is 286 g/mol. The minimum atomic E-state index is 0.175. The maximum atomic E-state index is 12.7. The fourth-order valence-corrected chi connectivity index (χ4v) is 3.54. The zero-order valence-corrected chi connectivity index (χ0v) is 14.5. The summed E-state index contributed by atoms with van der Waals surface area (Å²) in [6.45, 7) is 8.22. The number of rotatable bonds is 3. The fourth-order valence-electron chi connectivity index (χ4n) is 3.54. The number of carbonyl (C=O) groups excluding carboxylic acids is 1. The number of piperidine rings is 1. The molecule has 0 saturated carbocycles. The molecule has 4 nitrogen and oxygen atoms in total. The summed E-state index contributed by atoms with van der Waals surface area (Å²) in [7, 11) is 2.13. The molecule has 2 fully saturated rings. The minimum absolute atomic E-state index is 0.175. The predicted molar refractivity (Wildman–Crippen MR) is 93.6 cm³/mol. The standard InChI is InChI=1S/C19H29N3O/c1-16-14-22(13-12-20(16)2)19(23)18-8-6-17(7-9-18)15-21-10-4-3-5-11-21/h6-9,16H,3-5,10-15H2,1-2H3. The van der Waals surface area contributed by atoms with Gasteiger partial charge in [0.1, 0.15) is 0 Å². The molecule has 23 heavy (non-hydrogen) atoms. The third kappa shape index (κ3) is 4.12. The van der Waals surface area contributed by atoms with E-state index in [-0.39, 0.29) is 5.91 Å². The van der Waals surface area contributed by atoms with Crippen molar-refractivity contribution in [2.75, 3.05) is 39.8 Å². The smallest absolute Gasteiger partial charge is 0.253 e. The highest BCUT2D eigenvalue weighted by atomic mass is 16.2. The minimum Gasteiger partial charge on any atom is -0.336 e. The van der Waals surface area contributed by atoms with Gasteiger partial charge >= 0.3 is 0 Å². The van der Waals surface area contributed by atoms with Crippen molar-refractivity contribution in [1.82, 2.24) is 14.7 Å². The molecule has 0 bridgehead atoms. The van der Waals surface area contributed by atoms with E-state index in [1.807, 2.05) is 17.0 Å². The van der Waals surface area contributed by atoms with E-state index in [4.69, 9.17) is 0 Å². The molecule has 2 aliphatic rings. The van der Waals surface area contributed by atoms with Crippen LogP contribution in [0.4, 0.5) is 0 Å². The molecule has 0 N–H and O–H groups in total. The van der Waals surface area contributed by atoms with Crippen molar-refractivity contribution in [2.24, 2.45) is 0 Å².